The van der Waals surface area contributed by atoms with E-state index in [1.165, 1.54) is 0 Å². The van der Waals surface area contributed by atoms with Crippen molar-refractivity contribution in [2.45, 2.75) is 19.6 Å². The molecule has 0 heterocycles. The van der Waals surface area contributed by atoms with Gasteiger partial charge in [-0.05, 0) is 42.3 Å². The molecule has 2 aromatic rings. The zero-order chi connectivity index (χ0) is 15.4. The lowest BCUT2D eigenvalue weighted by Gasteiger charge is -2.13. The third-order valence-electron chi connectivity index (χ3n) is 3.05. The first kappa shape index (κ1) is 16.0. The van der Waals surface area contributed by atoms with Crippen LogP contribution in [0.2, 0.25) is 10.0 Å². The van der Waals surface area contributed by atoms with Gasteiger partial charge in [0, 0.05) is 0 Å². The number of halogens is 2. The Hall–Kier alpha value is -1.42. The van der Waals surface area contributed by atoms with Crippen LogP contribution in [0.1, 0.15) is 24.2 Å². The molecule has 0 aliphatic rings. The fraction of sp³-hybridized carbons (Fsp3) is 0.250. The lowest BCUT2D eigenvalue weighted by atomic mass is 10.1. The maximum absolute atomic E-state index is 9.58. The van der Waals surface area contributed by atoms with E-state index in [0.29, 0.717) is 28.2 Å². The minimum atomic E-state index is -0.553. The van der Waals surface area contributed by atoms with Crippen molar-refractivity contribution in [3.8, 4) is 11.5 Å². The monoisotopic (exact) mass is 326 g/mol. The molecule has 2 aromatic carbocycles. The van der Waals surface area contributed by atoms with Gasteiger partial charge in [-0.15, -0.1) is 0 Å². The van der Waals surface area contributed by atoms with Crippen molar-refractivity contribution >= 4 is 23.2 Å². The van der Waals surface area contributed by atoms with Crippen LogP contribution >= 0.6 is 23.2 Å². The van der Waals surface area contributed by atoms with Gasteiger partial charge in [-0.25, -0.2) is 0 Å². The second-order valence-corrected chi connectivity index (χ2v) is 5.44. The lowest BCUT2D eigenvalue weighted by molar-refractivity contribution is 0.198. The van der Waals surface area contributed by atoms with Crippen molar-refractivity contribution in [1.82, 2.24) is 0 Å². The molecule has 0 amide bonds. The third kappa shape index (κ3) is 4.03. The molecule has 0 saturated heterocycles. The Morgan fingerprint density at radius 2 is 1.81 bits per heavy atom. The highest BCUT2D eigenvalue weighted by atomic mass is 35.5. The summed E-state index contributed by atoms with van der Waals surface area (Å²) < 4.78 is 11.0. The summed E-state index contributed by atoms with van der Waals surface area (Å²) >= 11 is 11.8. The maximum Gasteiger partial charge on any atom is 0.161 e. The Morgan fingerprint density at radius 1 is 1.05 bits per heavy atom. The molecular weight excluding hydrogens is 311 g/mol. The van der Waals surface area contributed by atoms with E-state index in [4.69, 9.17) is 32.7 Å². The van der Waals surface area contributed by atoms with Crippen molar-refractivity contribution in [2.24, 2.45) is 0 Å². The molecule has 112 valence electrons. The molecule has 1 N–H and O–H groups in total. The van der Waals surface area contributed by atoms with Gasteiger partial charge in [-0.1, -0.05) is 35.3 Å². The minimum Gasteiger partial charge on any atom is -0.493 e. The smallest absolute Gasteiger partial charge is 0.161 e. The summed E-state index contributed by atoms with van der Waals surface area (Å²) in [6.07, 6.45) is -0.553. The first-order valence-electron chi connectivity index (χ1n) is 6.44. The van der Waals surface area contributed by atoms with Gasteiger partial charge in [0.05, 0.1) is 23.3 Å². The molecule has 0 aromatic heterocycles. The van der Waals surface area contributed by atoms with Crippen LogP contribution < -0.4 is 9.47 Å². The second-order valence-electron chi connectivity index (χ2n) is 4.62. The van der Waals surface area contributed by atoms with E-state index in [1.54, 1.807) is 44.4 Å². The van der Waals surface area contributed by atoms with Crippen LogP contribution in [0.25, 0.3) is 0 Å². The SMILES string of the molecule is COc1cc([C@H](C)O)ccc1OCc1ccc(Cl)c(Cl)c1. The maximum atomic E-state index is 9.58. The fourth-order valence-electron chi connectivity index (χ4n) is 1.85. The average molecular weight is 327 g/mol. The van der Waals surface area contributed by atoms with E-state index in [0.717, 1.165) is 11.1 Å². The topological polar surface area (TPSA) is 38.7 Å². The molecule has 0 fully saturated rings. The predicted molar refractivity (Wildman–Crippen MR) is 84.4 cm³/mol. The highest BCUT2D eigenvalue weighted by Crippen LogP contribution is 2.31. The lowest BCUT2D eigenvalue weighted by Crippen LogP contribution is -1.99. The number of ether oxygens (including phenoxy) is 2. The Morgan fingerprint density at radius 3 is 2.43 bits per heavy atom. The van der Waals surface area contributed by atoms with E-state index < -0.39 is 6.10 Å². The third-order valence-corrected chi connectivity index (χ3v) is 3.79. The largest absolute Gasteiger partial charge is 0.493 e. The first-order chi connectivity index (χ1) is 10.0. The van der Waals surface area contributed by atoms with Crippen molar-refractivity contribution < 1.29 is 14.6 Å². The Labute approximate surface area is 134 Å². The number of hydrogen-bond acceptors (Lipinski definition) is 3. The van der Waals surface area contributed by atoms with E-state index in [2.05, 4.69) is 0 Å². The summed E-state index contributed by atoms with van der Waals surface area (Å²) in [6.45, 7) is 2.05. The molecule has 0 saturated carbocycles. The molecule has 21 heavy (non-hydrogen) atoms. The Kier molecular flexibility index (Phi) is 5.34. The predicted octanol–water partition coefficient (Wildman–Crippen LogP) is 4.63. The summed E-state index contributed by atoms with van der Waals surface area (Å²) in [6, 6.07) is 10.7. The highest BCUT2D eigenvalue weighted by Gasteiger charge is 2.09. The molecule has 1 atom stereocenters. The Bertz CT molecular complexity index is 627. The molecular formula is C16H16Cl2O3. The number of benzene rings is 2. The molecule has 0 aliphatic carbocycles. The van der Waals surface area contributed by atoms with Crippen LogP contribution in [0.3, 0.4) is 0 Å². The van der Waals surface area contributed by atoms with Crippen LogP contribution in [0.15, 0.2) is 36.4 Å². The molecule has 5 heteroatoms. The number of rotatable bonds is 5. The number of hydrogen-bond donors (Lipinski definition) is 1. The highest BCUT2D eigenvalue weighted by molar-refractivity contribution is 6.42. The normalized spacial score (nSPS) is 12.0. The fourth-order valence-corrected chi connectivity index (χ4v) is 2.17. The summed E-state index contributed by atoms with van der Waals surface area (Å²) in [4.78, 5) is 0. The van der Waals surface area contributed by atoms with Crippen LogP contribution in [0.4, 0.5) is 0 Å². The Balaban J connectivity index is 2.13. The quantitative estimate of drug-likeness (QED) is 0.870. The summed E-state index contributed by atoms with van der Waals surface area (Å²) in [5.74, 6) is 1.18. The summed E-state index contributed by atoms with van der Waals surface area (Å²) in [7, 11) is 1.56. The van der Waals surface area contributed by atoms with Gasteiger partial charge in [-0.3, -0.25) is 0 Å². The van der Waals surface area contributed by atoms with Gasteiger partial charge in [0.2, 0.25) is 0 Å². The number of methoxy groups -OCH3 is 1. The summed E-state index contributed by atoms with van der Waals surface area (Å²) in [5, 5.41) is 10.6. The standard InChI is InChI=1S/C16H16Cl2O3/c1-10(19)12-4-6-15(16(8-12)20-2)21-9-11-3-5-13(17)14(18)7-11/h3-8,10,19H,9H2,1-2H3/t10-/m0/s1. The van der Waals surface area contributed by atoms with Gasteiger partial charge in [0.25, 0.3) is 0 Å². The molecule has 3 nitrogen and oxygen atoms in total. The number of aliphatic hydroxyl groups is 1. The van der Waals surface area contributed by atoms with Crippen LogP contribution in [0.5, 0.6) is 11.5 Å². The first-order valence-corrected chi connectivity index (χ1v) is 7.19. The van der Waals surface area contributed by atoms with Crippen LogP contribution in [0, 0.1) is 0 Å². The van der Waals surface area contributed by atoms with E-state index >= 15 is 0 Å². The van der Waals surface area contributed by atoms with Crippen LogP contribution in [-0.2, 0) is 6.61 Å². The second kappa shape index (κ2) is 7.03. The van der Waals surface area contributed by atoms with E-state index in [9.17, 15) is 5.11 Å². The van der Waals surface area contributed by atoms with Crippen molar-refractivity contribution in [3.63, 3.8) is 0 Å². The molecule has 0 spiro atoms. The van der Waals surface area contributed by atoms with Crippen molar-refractivity contribution in [3.05, 3.63) is 57.6 Å². The molecule has 0 aliphatic heterocycles. The van der Waals surface area contributed by atoms with Gasteiger partial charge < -0.3 is 14.6 Å². The van der Waals surface area contributed by atoms with Crippen LogP contribution in [-0.4, -0.2) is 12.2 Å². The molecule has 0 unspecified atom stereocenters. The number of aliphatic hydroxyl groups excluding tert-OH is 1. The molecule has 0 radical (unpaired) electrons. The van der Waals surface area contributed by atoms with E-state index in [-0.39, 0.29) is 0 Å². The van der Waals surface area contributed by atoms with Crippen molar-refractivity contribution in [1.29, 1.82) is 0 Å². The zero-order valence-corrected chi connectivity index (χ0v) is 13.3. The van der Waals surface area contributed by atoms with E-state index in [1.807, 2.05) is 6.07 Å². The van der Waals surface area contributed by atoms with Gasteiger partial charge in [-0.2, -0.15) is 0 Å². The van der Waals surface area contributed by atoms with Gasteiger partial charge in [0.15, 0.2) is 11.5 Å². The summed E-state index contributed by atoms with van der Waals surface area (Å²) in [5.41, 5.74) is 1.68. The van der Waals surface area contributed by atoms with Gasteiger partial charge in [0.1, 0.15) is 6.61 Å². The zero-order valence-electron chi connectivity index (χ0n) is 11.8. The molecule has 0 bridgehead atoms. The van der Waals surface area contributed by atoms with Crippen molar-refractivity contribution in [2.75, 3.05) is 7.11 Å². The minimum absolute atomic E-state index is 0.348. The van der Waals surface area contributed by atoms with Gasteiger partial charge >= 0.3 is 0 Å². The molecule has 2 rings (SSSR count). The average Bonchev–Trinajstić information content (AvgIpc) is 2.48.